The van der Waals surface area contributed by atoms with Gasteiger partial charge in [-0.2, -0.15) is 0 Å². The van der Waals surface area contributed by atoms with Gasteiger partial charge in [0.05, 0.1) is 5.70 Å². The highest BCUT2D eigenvalue weighted by molar-refractivity contribution is 5.28. The molecule has 0 spiro atoms. The van der Waals surface area contributed by atoms with Crippen molar-refractivity contribution in [3.63, 3.8) is 0 Å². The molecule has 0 heterocycles. The highest BCUT2D eigenvalue weighted by Crippen LogP contribution is 2.05. The molecule has 0 aliphatic carbocycles. The average molecular weight is 163 g/mol. The van der Waals surface area contributed by atoms with E-state index in [9.17, 15) is 0 Å². The lowest BCUT2D eigenvalue weighted by Crippen LogP contribution is -1.86. The second kappa shape index (κ2) is 6.63. The van der Waals surface area contributed by atoms with Gasteiger partial charge in [0.2, 0.25) is 0 Å². The van der Waals surface area contributed by atoms with Crippen molar-refractivity contribution in [1.29, 1.82) is 0 Å². The Labute approximate surface area is 75.2 Å². The molecule has 0 aromatic heterocycles. The quantitative estimate of drug-likeness (QED) is 0.342. The maximum atomic E-state index is 3.76. The summed E-state index contributed by atoms with van der Waals surface area (Å²) in [5.74, 6) is 0.478. The van der Waals surface area contributed by atoms with E-state index in [1.54, 1.807) is 0 Å². The monoisotopic (exact) mass is 163 g/mol. The van der Waals surface area contributed by atoms with Crippen LogP contribution in [0.1, 0.15) is 27.2 Å². The van der Waals surface area contributed by atoms with Gasteiger partial charge in [-0.25, -0.2) is 0 Å². The molecule has 0 aliphatic rings. The molecule has 1 heteroatoms. The third-order valence-corrected chi connectivity index (χ3v) is 1.65. The summed E-state index contributed by atoms with van der Waals surface area (Å²) in [5.41, 5.74) is 3.92. The minimum Gasteiger partial charge on any atom is -0.261 e. The summed E-state index contributed by atoms with van der Waals surface area (Å²) in [6.45, 7) is 9.50. The zero-order chi connectivity index (χ0) is 9.40. The molecule has 0 rings (SSSR count). The average Bonchev–Trinajstić information content (AvgIpc) is 2.11. The molecule has 0 amide bonds. The van der Waals surface area contributed by atoms with E-state index >= 15 is 0 Å². The first-order chi connectivity index (χ1) is 5.74. The number of allylic oxidation sites excluding steroid dienone is 3. The van der Waals surface area contributed by atoms with Gasteiger partial charge in [0.1, 0.15) is 0 Å². The van der Waals surface area contributed by atoms with Gasteiger partial charge in [-0.1, -0.05) is 19.1 Å². The second-order valence-electron chi connectivity index (χ2n) is 2.65. The lowest BCUT2D eigenvalue weighted by Gasteiger charge is -1.99. The number of aliphatic imine (C=N–C) groups is 1. The Hall–Kier alpha value is -1.07. The van der Waals surface area contributed by atoms with Crippen molar-refractivity contribution in [3.8, 4) is 0 Å². The summed E-state index contributed by atoms with van der Waals surface area (Å²) in [4.78, 5) is 3.76. The molecule has 1 unspecified atom stereocenters. The minimum absolute atomic E-state index is 0.478. The summed E-state index contributed by atoms with van der Waals surface area (Å²) < 4.78 is 0. The first-order valence-electron chi connectivity index (χ1n) is 4.27. The van der Waals surface area contributed by atoms with Gasteiger partial charge in [0.25, 0.3) is 0 Å². The van der Waals surface area contributed by atoms with E-state index < -0.39 is 0 Å². The van der Waals surface area contributed by atoms with E-state index in [2.05, 4.69) is 36.5 Å². The molecule has 0 radical (unpaired) electrons. The molecule has 0 bridgehead atoms. The van der Waals surface area contributed by atoms with E-state index in [1.807, 2.05) is 19.9 Å². The van der Waals surface area contributed by atoms with E-state index in [1.165, 1.54) is 0 Å². The lowest BCUT2D eigenvalue weighted by molar-refractivity contribution is 0.773. The Balaban J connectivity index is 4.37. The summed E-state index contributed by atoms with van der Waals surface area (Å²) >= 11 is 0. The van der Waals surface area contributed by atoms with Crippen molar-refractivity contribution >= 4 is 6.72 Å². The van der Waals surface area contributed by atoms with E-state index in [4.69, 9.17) is 0 Å². The van der Waals surface area contributed by atoms with Crippen molar-refractivity contribution in [2.24, 2.45) is 10.9 Å². The molecule has 0 aromatic rings. The van der Waals surface area contributed by atoms with Gasteiger partial charge in [-0.05, 0) is 33.1 Å². The van der Waals surface area contributed by atoms with E-state index in [-0.39, 0.29) is 0 Å². The molecule has 1 nitrogen and oxygen atoms in total. The molecule has 0 aromatic carbocycles. The van der Waals surface area contributed by atoms with Crippen molar-refractivity contribution in [3.05, 3.63) is 29.7 Å². The number of nitrogens with zero attached hydrogens (tertiary/aromatic N) is 1. The molecular weight excluding hydrogens is 146 g/mol. The molecule has 0 fully saturated rings. The van der Waals surface area contributed by atoms with Crippen LogP contribution in [0.4, 0.5) is 0 Å². The van der Waals surface area contributed by atoms with Crippen LogP contribution in [0.3, 0.4) is 0 Å². The highest BCUT2D eigenvalue weighted by atomic mass is 14.7. The van der Waals surface area contributed by atoms with Gasteiger partial charge in [0.15, 0.2) is 0 Å². The maximum absolute atomic E-state index is 3.76. The predicted molar refractivity (Wildman–Crippen MR) is 55.4 cm³/mol. The second-order valence-corrected chi connectivity index (χ2v) is 2.65. The molecule has 1 atom stereocenters. The Bertz CT molecular complexity index is 217. The third-order valence-electron chi connectivity index (χ3n) is 1.65. The predicted octanol–water partition coefficient (Wildman–Crippen LogP) is 3.35. The van der Waals surface area contributed by atoms with E-state index in [0.717, 1.165) is 12.1 Å². The summed E-state index contributed by atoms with van der Waals surface area (Å²) in [7, 11) is 0. The fourth-order valence-electron chi connectivity index (χ4n) is 0.830. The summed E-state index contributed by atoms with van der Waals surface area (Å²) in [5, 5.41) is 0. The Morgan fingerprint density at radius 1 is 1.67 bits per heavy atom. The van der Waals surface area contributed by atoms with Gasteiger partial charge >= 0.3 is 0 Å². The van der Waals surface area contributed by atoms with Crippen LogP contribution in [0.2, 0.25) is 0 Å². The van der Waals surface area contributed by atoms with Crippen molar-refractivity contribution < 1.29 is 0 Å². The Morgan fingerprint density at radius 3 is 2.75 bits per heavy atom. The Morgan fingerprint density at radius 2 is 2.33 bits per heavy atom. The minimum atomic E-state index is 0.478. The molecule has 0 saturated heterocycles. The Kier molecular flexibility index (Phi) is 6.04. The summed E-state index contributed by atoms with van der Waals surface area (Å²) in [6.07, 6.45) is 7.35. The maximum Gasteiger partial charge on any atom is 0.0779 e. The normalized spacial score (nSPS) is 12.2. The first-order valence-corrected chi connectivity index (χ1v) is 4.27. The fraction of sp³-hybridized carbons (Fsp3) is 0.455. The summed E-state index contributed by atoms with van der Waals surface area (Å²) in [6, 6.07) is 0. The highest BCUT2D eigenvalue weighted by Gasteiger charge is 1.92. The van der Waals surface area contributed by atoms with Gasteiger partial charge in [-0.15, -0.1) is 5.73 Å². The van der Waals surface area contributed by atoms with Crippen LogP contribution in [-0.2, 0) is 0 Å². The van der Waals surface area contributed by atoms with Crippen LogP contribution in [0.25, 0.3) is 0 Å². The topological polar surface area (TPSA) is 12.4 Å². The third kappa shape index (κ3) is 4.70. The zero-order valence-electron chi connectivity index (χ0n) is 8.17. The molecule has 0 saturated carbocycles. The molecule has 12 heavy (non-hydrogen) atoms. The molecule has 0 aliphatic heterocycles. The lowest BCUT2D eigenvalue weighted by atomic mass is 10.1. The van der Waals surface area contributed by atoms with E-state index in [0.29, 0.717) is 5.92 Å². The molecule has 66 valence electrons. The number of rotatable bonds is 4. The first kappa shape index (κ1) is 10.9. The van der Waals surface area contributed by atoms with Crippen LogP contribution in [0.5, 0.6) is 0 Å². The standard InChI is InChI=1S/C11H17N/c1-5-7-11(6-2)9-8-10(3)12-4/h5,7,9,11H,4,6H2,1-3H3. The van der Waals surface area contributed by atoms with Gasteiger partial charge < -0.3 is 0 Å². The zero-order valence-corrected chi connectivity index (χ0v) is 8.17. The fourth-order valence-corrected chi connectivity index (χ4v) is 0.830. The van der Waals surface area contributed by atoms with Crippen molar-refractivity contribution in [1.82, 2.24) is 0 Å². The smallest absolute Gasteiger partial charge is 0.0779 e. The molecule has 0 N–H and O–H groups in total. The van der Waals surface area contributed by atoms with Crippen LogP contribution < -0.4 is 0 Å². The van der Waals surface area contributed by atoms with Crippen LogP contribution in [0, 0.1) is 5.92 Å². The van der Waals surface area contributed by atoms with Crippen molar-refractivity contribution in [2.45, 2.75) is 27.2 Å². The number of hydrogen-bond acceptors (Lipinski definition) is 1. The SMILES string of the molecule is C=NC(C)=C=CC(C=CC)CC. The largest absolute Gasteiger partial charge is 0.261 e. The van der Waals surface area contributed by atoms with Gasteiger partial charge in [-0.3, -0.25) is 4.99 Å². The van der Waals surface area contributed by atoms with Crippen molar-refractivity contribution in [2.75, 3.05) is 0 Å². The molecular formula is C11H17N. The van der Waals surface area contributed by atoms with Crippen LogP contribution in [0.15, 0.2) is 34.6 Å². The van der Waals surface area contributed by atoms with Crippen LogP contribution in [-0.4, -0.2) is 6.72 Å². The van der Waals surface area contributed by atoms with Gasteiger partial charge in [0, 0.05) is 5.92 Å². The van der Waals surface area contributed by atoms with Crippen LogP contribution >= 0.6 is 0 Å². The number of hydrogen-bond donors (Lipinski definition) is 0.